The molecule has 2 aromatic heterocycles. The lowest BCUT2D eigenvalue weighted by molar-refractivity contribution is 0.240. The topological polar surface area (TPSA) is 74.0 Å². The van der Waals surface area contributed by atoms with Crippen molar-refractivity contribution in [1.29, 1.82) is 5.26 Å². The SMILES string of the molecule is N#Cc1ccc2c3c(n(C(=O)NCc4ccnc(Br)c4)c2c1)CCN(C/C=C/c1cc(F)cc(F)c1)C3. The Morgan fingerprint density at radius 2 is 1.97 bits per heavy atom. The minimum atomic E-state index is -0.610. The molecular weight excluding hydrogens is 540 g/mol. The van der Waals surface area contributed by atoms with Crippen molar-refractivity contribution < 1.29 is 13.6 Å². The van der Waals surface area contributed by atoms with E-state index in [0.29, 0.717) is 53.8 Å². The Hall–Kier alpha value is -3.87. The number of nitrogens with zero attached hydrogens (tertiary/aromatic N) is 4. The number of carbonyl (C=O) groups excluding carboxylic acids is 1. The van der Waals surface area contributed by atoms with Crippen molar-refractivity contribution >= 4 is 38.9 Å². The van der Waals surface area contributed by atoms with Crippen molar-refractivity contribution in [3.63, 3.8) is 0 Å². The van der Waals surface area contributed by atoms with Gasteiger partial charge < -0.3 is 5.32 Å². The quantitative estimate of drug-likeness (QED) is 0.313. The first-order chi connectivity index (χ1) is 17.9. The highest BCUT2D eigenvalue weighted by Crippen LogP contribution is 2.31. The number of hydrogen-bond donors (Lipinski definition) is 1. The van der Waals surface area contributed by atoms with Crippen LogP contribution < -0.4 is 5.32 Å². The van der Waals surface area contributed by atoms with Crippen LogP contribution in [0.25, 0.3) is 17.0 Å². The maximum absolute atomic E-state index is 13.5. The van der Waals surface area contributed by atoms with Crippen molar-refractivity contribution in [3.8, 4) is 6.07 Å². The lowest BCUT2D eigenvalue weighted by Gasteiger charge is -2.27. The summed E-state index contributed by atoms with van der Waals surface area (Å²) >= 11 is 3.35. The number of nitrogens with one attached hydrogen (secondary N) is 1. The van der Waals surface area contributed by atoms with Crippen LogP contribution in [0, 0.1) is 23.0 Å². The van der Waals surface area contributed by atoms with Crippen LogP contribution in [0.4, 0.5) is 13.6 Å². The maximum Gasteiger partial charge on any atom is 0.326 e. The predicted octanol–water partition coefficient (Wildman–Crippen LogP) is 5.78. The number of nitriles is 1. The monoisotopic (exact) mass is 561 g/mol. The molecule has 4 aromatic rings. The highest BCUT2D eigenvalue weighted by molar-refractivity contribution is 9.10. The summed E-state index contributed by atoms with van der Waals surface area (Å²) in [7, 11) is 0. The number of carbonyl (C=O) groups is 1. The first-order valence-corrected chi connectivity index (χ1v) is 12.5. The molecule has 0 saturated heterocycles. The summed E-state index contributed by atoms with van der Waals surface area (Å²) in [6, 6.07) is 14.4. The average molecular weight is 562 g/mol. The number of pyridine rings is 1. The minimum Gasteiger partial charge on any atom is -0.333 e. The number of amides is 1. The van der Waals surface area contributed by atoms with E-state index in [0.717, 1.165) is 28.3 Å². The van der Waals surface area contributed by atoms with E-state index in [9.17, 15) is 18.8 Å². The van der Waals surface area contributed by atoms with Crippen LogP contribution in [0.1, 0.15) is 27.9 Å². The van der Waals surface area contributed by atoms with Crippen LogP contribution in [0.15, 0.2) is 65.4 Å². The van der Waals surface area contributed by atoms with Crippen LogP contribution in [-0.4, -0.2) is 33.6 Å². The summed E-state index contributed by atoms with van der Waals surface area (Å²) in [4.78, 5) is 19.7. The van der Waals surface area contributed by atoms with Gasteiger partial charge in [0.1, 0.15) is 16.2 Å². The average Bonchev–Trinajstić information content (AvgIpc) is 3.19. The molecule has 0 spiro atoms. The van der Waals surface area contributed by atoms with Crippen molar-refractivity contribution in [2.45, 2.75) is 19.5 Å². The normalized spacial score (nSPS) is 13.6. The van der Waals surface area contributed by atoms with Gasteiger partial charge in [-0.3, -0.25) is 9.47 Å². The van der Waals surface area contributed by atoms with E-state index in [4.69, 9.17) is 0 Å². The number of fused-ring (bicyclic) bond motifs is 3. The zero-order valence-electron chi connectivity index (χ0n) is 19.7. The maximum atomic E-state index is 13.5. The first kappa shape index (κ1) is 24.8. The van der Waals surface area contributed by atoms with Crippen LogP contribution in [0.3, 0.4) is 0 Å². The Labute approximate surface area is 221 Å². The summed E-state index contributed by atoms with van der Waals surface area (Å²) in [6.45, 7) is 2.24. The van der Waals surface area contributed by atoms with Gasteiger partial charge in [-0.15, -0.1) is 0 Å². The van der Waals surface area contributed by atoms with Gasteiger partial charge >= 0.3 is 6.03 Å². The standard InChI is InChI=1S/C28H22BrF2N5O/c29-27-13-20(5-7-33-27)16-34-28(37)36-25-6-9-35(8-1-2-18-10-21(30)14-22(31)11-18)17-24(25)23-4-3-19(15-32)12-26(23)36/h1-5,7,10-14H,6,8-9,16-17H2,(H,34,37)/b2-1+. The Kier molecular flexibility index (Phi) is 7.12. The summed E-state index contributed by atoms with van der Waals surface area (Å²) in [6.07, 6.45) is 5.90. The van der Waals surface area contributed by atoms with Gasteiger partial charge in [0.2, 0.25) is 0 Å². The molecule has 0 atom stereocenters. The zero-order valence-corrected chi connectivity index (χ0v) is 21.3. The second-order valence-electron chi connectivity index (χ2n) is 8.84. The van der Waals surface area contributed by atoms with Crippen LogP contribution in [0.5, 0.6) is 0 Å². The van der Waals surface area contributed by atoms with Crippen molar-refractivity contribution in [2.75, 3.05) is 13.1 Å². The van der Waals surface area contributed by atoms with Crippen molar-refractivity contribution in [2.24, 2.45) is 0 Å². The Morgan fingerprint density at radius 3 is 2.73 bits per heavy atom. The molecule has 1 aliphatic rings. The number of benzene rings is 2. The molecule has 0 aliphatic carbocycles. The van der Waals surface area contributed by atoms with Crippen LogP contribution in [-0.2, 0) is 19.5 Å². The van der Waals surface area contributed by atoms with E-state index >= 15 is 0 Å². The molecule has 0 saturated carbocycles. The molecule has 5 rings (SSSR count). The third-order valence-corrected chi connectivity index (χ3v) is 6.79. The fourth-order valence-corrected chi connectivity index (χ4v) is 5.10. The molecule has 1 amide bonds. The lowest BCUT2D eigenvalue weighted by Crippen LogP contribution is -2.34. The van der Waals surface area contributed by atoms with E-state index in [2.05, 4.69) is 37.2 Å². The molecule has 1 N–H and O–H groups in total. The van der Waals surface area contributed by atoms with Crippen LogP contribution in [0.2, 0.25) is 0 Å². The molecule has 0 unspecified atom stereocenters. The second kappa shape index (κ2) is 10.6. The van der Waals surface area contributed by atoms with E-state index in [1.165, 1.54) is 12.1 Å². The molecular formula is C28H22BrF2N5O. The van der Waals surface area contributed by atoms with E-state index < -0.39 is 11.6 Å². The third-order valence-electron chi connectivity index (χ3n) is 6.35. The highest BCUT2D eigenvalue weighted by Gasteiger charge is 2.26. The molecule has 2 aromatic carbocycles. The fraction of sp³-hybridized carbons (Fsp3) is 0.179. The Bertz CT molecular complexity index is 1550. The van der Waals surface area contributed by atoms with Crippen molar-refractivity contribution in [3.05, 3.63) is 105 Å². The molecule has 0 fully saturated rings. The Balaban J connectivity index is 1.39. The Morgan fingerprint density at radius 1 is 1.16 bits per heavy atom. The molecule has 9 heteroatoms. The van der Waals surface area contributed by atoms with E-state index in [-0.39, 0.29) is 6.03 Å². The molecule has 0 radical (unpaired) electrons. The second-order valence-corrected chi connectivity index (χ2v) is 9.65. The predicted molar refractivity (Wildman–Crippen MR) is 141 cm³/mol. The van der Waals surface area contributed by atoms with Gasteiger partial charge in [0.05, 0.1) is 17.1 Å². The van der Waals surface area contributed by atoms with Gasteiger partial charge in [0.15, 0.2) is 0 Å². The molecule has 1 aliphatic heterocycles. The minimum absolute atomic E-state index is 0.254. The van der Waals surface area contributed by atoms with E-state index in [1.54, 1.807) is 29.0 Å². The van der Waals surface area contributed by atoms with Gasteiger partial charge in [0, 0.05) is 55.9 Å². The van der Waals surface area contributed by atoms with E-state index in [1.807, 2.05) is 24.3 Å². The number of hydrogen-bond acceptors (Lipinski definition) is 4. The summed E-state index contributed by atoms with van der Waals surface area (Å²) in [5, 5.41) is 13.4. The number of halogens is 3. The fourth-order valence-electron chi connectivity index (χ4n) is 4.69. The smallest absolute Gasteiger partial charge is 0.326 e. The summed E-state index contributed by atoms with van der Waals surface area (Å²) in [5.41, 5.74) is 4.52. The summed E-state index contributed by atoms with van der Waals surface area (Å²) in [5.74, 6) is -1.22. The van der Waals surface area contributed by atoms with Gasteiger partial charge in [0.25, 0.3) is 0 Å². The highest BCUT2D eigenvalue weighted by atomic mass is 79.9. The zero-order chi connectivity index (χ0) is 25.9. The number of aromatic nitrogens is 2. The lowest BCUT2D eigenvalue weighted by atomic mass is 10.0. The van der Waals surface area contributed by atoms with Crippen molar-refractivity contribution in [1.82, 2.24) is 19.8 Å². The first-order valence-electron chi connectivity index (χ1n) is 11.7. The van der Waals surface area contributed by atoms with Gasteiger partial charge in [-0.05, 0) is 69.0 Å². The van der Waals surface area contributed by atoms with Crippen LogP contribution >= 0.6 is 15.9 Å². The largest absolute Gasteiger partial charge is 0.333 e. The molecule has 6 nitrogen and oxygen atoms in total. The number of rotatable bonds is 5. The molecule has 186 valence electrons. The van der Waals surface area contributed by atoms with Gasteiger partial charge in [-0.1, -0.05) is 18.2 Å². The third kappa shape index (κ3) is 5.45. The molecule has 0 bridgehead atoms. The summed E-state index contributed by atoms with van der Waals surface area (Å²) < 4.78 is 29.3. The van der Waals surface area contributed by atoms with Gasteiger partial charge in [-0.25, -0.2) is 18.6 Å². The van der Waals surface area contributed by atoms with Gasteiger partial charge in [-0.2, -0.15) is 5.26 Å². The molecule has 3 heterocycles. The molecule has 37 heavy (non-hydrogen) atoms.